The molecule has 0 radical (unpaired) electrons. The summed E-state index contributed by atoms with van der Waals surface area (Å²) in [5.41, 5.74) is 1.16. The Morgan fingerprint density at radius 1 is 1.11 bits per heavy atom. The summed E-state index contributed by atoms with van der Waals surface area (Å²) in [6, 6.07) is 12.5. The third kappa shape index (κ3) is 4.47. The van der Waals surface area contributed by atoms with E-state index in [0.29, 0.717) is 10.6 Å². The van der Waals surface area contributed by atoms with Crippen molar-refractivity contribution in [3.63, 3.8) is 0 Å². The number of imide groups is 1. The fraction of sp³-hybridized carbons (Fsp3) is 0.158. The summed E-state index contributed by atoms with van der Waals surface area (Å²) < 4.78 is 0. The van der Waals surface area contributed by atoms with Gasteiger partial charge in [0.25, 0.3) is 0 Å². The van der Waals surface area contributed by atoms with Crippen LogP contribution in [0.15, 0.2) is 59.7 Å². The number of nitrogens with one attached hydrogen (secondary N) is 1. The maximum Gasteiger partial charge on any atom is 0.348 e. The van der Waals surface area contributed by atoms with E-state index < -0.39 is 24.1 Å². The zero-order chi connectivity index (χ0) is 20.1. The number of carbonyl (C=O) groups is 3. The minimum Gasteiger partial charge on any atom is -0.479 e. The zero-order valence-corrected chi connectivity index (χ0v) is 15.4. The predicted molar refractivity (Wildman–Crippen MR) is 103 cm³/mol. The van der Waals surface area contributed by atoms with Crippen LogP contribution in [0.2, 0.25) is 5.02 Å². The maximum atomic E-state index is 12.4. The Bertz CT molecular complexity index is 902. The van der Waals surface area contributed by atoms with Crippen LogP contribution in [0, 0.1) is 0 Å². The molecule has 0 unspecified atom stereocenters. The third-order valence-corrected chi connectivity index (χ3v) is 4.35. The van der Waals surface area contributed by atoms with Crippen LogP contribution in [-0.2, 0) is 4.79 Å². The van der Waals surface area contributed by atoms with Crippen molar-refractivity contribution in [2.45, 2.75) is 6.04 Å². The Morgan fingerprint density at radius 2 is 1.79 bits per heavy atom. The van der Waals surface area contributed by atoms with E-state index >= 15 is 0 Å². The van der Waals surface area contributed by atoms with E-state index in [9.17, 15) is 19.5 Å². The molecular formula is C19H17ClN4O4. The SMILES string of the molecule is O=C(O)[C@H](NC(=O)N1CCN(/N=C/c2ccc(Cl)cc2)C1=O)c1ccccc1. The Balaban J connectivity index is 1.65. The molecule has 0 aromatic heterocycles. The summed E-state index contributed by atoms with van der Waals surface area (Å²) >= 11 is 5.82. The van der Waals surface area contributed by atoms with Gasteiger partial charge in [0.1, 0.15) is 0 Å². The molecule has 1 aliphatic heterocycles. The highest BCUT2D eigenvalue weighted by molar-refractivity contribution is 6.30. The van der Waals surface area contributed by atoms with Crippen molar-refractivity contribution in [3.05, 3.63) is 70.7 Å². The van der Waals surface area contributed by atoms with Crippen LogP contribution in [0.4, 0.5) is 9.59 Å². The second kappa shape index (κ2) is 8.53. The molecule has 1 saturated heterocycles. The lowest BCUT2D eigenvalue weighted by Crippen LogP contribution is -2.45. The monoisotopic (exact) mass is 400 g/mol. The van der Waals surface area contributed by atoms with Crippen LogP contribution >= 0.6 is 11.6 Å². The molecule has 3 rings (SSSR count). The van der Waals surface area contributed by atoms with E-state index in [1.165, 1.54) is 6.21 Å². The van der Waals surface area contributed by atoms with Crippen LogP contribution in [0.1, 0.15) is 17.2 Å². The summed E-state index contributed by atoms with van der Waals surface area (Å²) in [7, 11) is 0. The number of amides is 4. The van der Waals surface area contributed by atoms with Gasteiger partial charge in [0.15, 0.2) is 6.04 Å². The van der Waals surface area contributed by atoms with Gasteiger partial charge in [-0.1, -0.05) is 54.1 Å². The van der Waals surface area contributed by atoms with Crippen LogP contribution in [-0.4, -0.2) is 52.4 Å². The van der Waals surface area contributed by atoms with Crippen molar-refractivity contribution >= 4 is 35.8 Å². The number of nitrogens with zero attached hydrogens (tertiary/aromatic N) is 3. The second-order valence-electron chi connectivity index (χ2n) is 5.98. The molecule has 1 fully saturated rings. The molecule has 8 nitrogen and oxygen atoms in total. The third-order valence-electron chi connectivity index (χ3n) is 4.10. The average molecular weight is 401 g/mol. The van der Waals surface area contributed by atoms with Crippen molar-refractivity contribution in [1.29, 1.82) is 0 Å². The molecule has 0 saturated carbocycles. The molecule has 4 amide bonds. The van der Waals surface area contributed by atoms with E-state index in [1.807, 2.05) is 0 Å². The van der Waals surface area contributed by atoms with Crippen LogP contribution in [0.3, 0.4) is 0 Å². The first-order valence-corrected chi connectivity index (χ1v) is 8.80. The molecule has 28 heavy (non-hydrogen) atoms. The van der Waals surface area contributed by atoms with Gasteiger partial charge in [-0.05, 0) is 23.3 Å². The fourth-order valence-electron chi connectivity index (χ4n) is 2.64. The summed E-state index contributed by atoms with van der Waals surface area (Å²) in [5, 5.41) is 17.6. The number of aliphatic carboxylic acids is 1. The van der Waals surface area contributed by atoms with Crippen molar-refractivity contribution in [1.82, 2.24) is 15.2 Å². The Kier molecular flexibility index (Phi) is 5.90. The molecule has 144 valence electrons. The Morgan fingerprint density at radius 3 is 2.43 bits per heavy atom. The summed E-state index contributed by atoms with van der Waals surface area (Å²) in [4.78, 5) is 37.3. The topological polar surface area (TPSA) is 102 Å². The number of hydrogen-bond donors (Lipinski definition) is 2. The zero-order valence-electron chi connectivity index (χ0n) is 14.7. The molecule has 1 heterocycles. The average Bonchev–Trinajstić information content (AvgIpc) is 3.06. The van der Waals surface area contributed by atoms with Crippen molar-refractivity contribution in [2.75, 3.05) is 13.1 Å². The molecule has 0 spiro atoms. The molecule has 9 heteroatoms. The summed E-state index contributed by atoms with van der Waals surface area (Å²) in [6.07, 6.45) is 1.49. The van der Waals surface area contributed by atoms with Crippen LogP contribution in [0.25, 0.3) is 0 Å². The van der Waals surface area contributed by atoms with Gasteiger partial charge in [-0.2, -0.15) is 5.10 Å². The molecule has 1 atom stereocenters. The second-order valence-corrected chi connectivity index (χ2v) is 6.42. The van der Waals surface area contributed by atoms with E-state index in [2.05, 4.69) is 10.4 Å². The Hall–Kier alpha value is -3.39. The van der Waals surface area contributed by atoms with Gasteiger partial charge in [0.2, 0.25) is 0 Å². The van der Waals surface area contributed by atoms with E-state index in [1.54, 1.807) is 54.6 Å². The number of benzene rings is 2. The van der Waals surface area contributed by atoms with Gasteiger partial charge in [0, 0.05) is 5.02 Å². The number of hydrogen-bond acceptors (Lipinski definition) is 4. The first-order valence-electron chi connectivity index (χ1n) is 8.42. The van der Waals surface area contributed by atoms with E-state index in [-0.39, 0.29) is 13.1 Å². The molecule has 0 bridgehead atoms. The van der Waals surface area contributed by atoms with E-state index in [4.69, 9.17) is 11.6 Å². The molecular weight excluding hydrogens is 384 g/mol. The molecule has 0 aliphatic carbocycles. The van der Waals surface area contributed by atoms with Crippen LogP contribution in [0.5, 0.6) is 0 Å². The molecule has 2 aromatic carbocycles. The number of hydrazone groups is 1. The highest BCUT2D eigenvalue weighted by atomic mass is 35.5. The van der Waals surface area contributed by atoms with Crippen LogP contribution < -0.4 is 5.32 Å². The highest BCUT2D eigenvalue weighted by Crippen LogP contribution is 2.16. The van der Waals surface area contributed by atoms with Gasteiger partial charge >= 0.3 is 18.0 Å². The minimum atomic E-state index is -1.26. The molecule has 2 aromatic rings. The Labute approximate surface area is 166 Å². The molecule has 2 N–H and O–H groups in total. The van der Waals surface area contributed by atoms with Crippen molar-refractivity contribution < 1.29 is 19.5 Å². The van der Waals surface area contributed by atoms with Gasteiger partial charge in [-0.25, -0.2) is 24.3 Å². The highest BCUT2D eigenvalue weighted by Gasteiger charge is 2.35. The van der Waals surface area contributed by atoms with Gasteiger partial charge < -0.3 is 10.4 Å². The fourth-order valence-corrected chi connectivity index (χ4v) is 2.77. The lowest BCUT2D eigenvalue weighted by molar-refractivity contribution is -0.139. The lowest BCUT2D eigenvalue weighted by atomic mass is 10.1. The lowest BCUT2D eigenvalue weighted by Gasteiger charge is -2.19. The number of halogens is 1. The number of urea groups is 2. The first-order chi connectivity index (χ1) is 13.5. The van der Waals surface area contributed by atoms with Gasteiger partial charge in [-0.3, -0.25) is 0 Å². The predicted octanol–water partition coefficient (Wildman–Crippen LogP) is 2.95. The number of carbonyl (C=O) groups excluding carboxylic acids is 2. The minimum absolute atomic E-state index is 0.101. The van der Waals surface area contributed by atoms with Crippen molar-refractivity contribution in [3.8, 4) is 0 Å². The first kappa shape index (κ1) is 19.4. The summed E-state index contributed by atoms with van der Waals surface area (Å²) in [5.74, 6) is -1.22. The smallest absolute Gasteiger partial charge is 0.348 e. The van der Waals surface area contributed by atoms with E-state index in [0.717, 1.165) is 15.5 Å². The number of carboxylic acids is 1. The maximum absolute atomic E-state index is 12.4. The largest absolute Gasteiger partial charge is 0.479 e. The number of carboxylic acid groups (broad SMARTS) is 1. The standard InChI is InChI=1S/C19H17ClN4O4/c20-15-8-6-13(7-9-15)12-21-24-11-10-23(19(24)28)18(27)22-16(17(25)26)14-4-2-1-3-5-14/h1-9,12,16H,10-11H2,(H,22,27)(H,25,26)/b21-12+/t16-/m1/s1. The summed E-state index contributed by atoms with van der Waals surface area (Å²) in [6.45, 7) is 0.309. The van der Waals surface area contributed by atoms with Gasteiger partial charge in [-0.15, -0.1) is 0 Å². The van der Waals surface area contributed by atoms with Crippen molar-refractivity contribution in [2.24, 2.45) is 5.10 Å². The number of rotatable bonds is 5. The van der Waals surface area contributed by atoms with Gasteiger partial charge in [0.05, 0.1) is 19.3 Å². The molecule has 1 aliphatic rings. The quantitative estimate of drug-likeness (QED) is 0.753. The normalized spacial score (nSPS) is 15.1.